The number of rotatable bonds is 5. The Kier molecular flexibility index (Phi) is 4.36. The van der Waals surface area contributed by atoms with E-state index >= 15 is 0 Å². The van der Waals surface area contributed by atoms with Crippen molar-refractivity contribution in [2.75, 3.05) is 6.61 Å². The molecule has 0 aliphatic carbocycles. The number of primary amides is 1. The molecule has 2 unspecified atom stereocenters. The second-order valence-electron chi connectivity index (χ2n) is 3.34. The molecule has 2 atom stereocenters. The maximum atomic E-state index is 10.8. The van der Waals surface area contributed by atoms with Gasteiger partial charge in [-0.3, -0.25) is 4.79 Å². The molecular weight excluding hydrogens is 212 g/mol. The van der Waals surface area contributed by atoms with Crippen molar-refractivity contribution in [3.63, 3.8) is 0 Å². The first-order chi connectivity index (χ1) is 7.56. The molecule has 0 aliphatic heterocycles. The van der Waals surface area contributed by atoms with Crippen LogP contribution in [0.15, 0.2) is 18.2 Å². The van der Waals surface area contributed by atoms with E-state index in [4.69, 9.17) is 10.8 Å². The van der Waals surface area contributed by atoms with E-state index in [1.807, 2.05) is 0 Å². The monoisotopic (exact) mass is 226 g/mol. The molecule has 0 radical (unpaired) electrons. The van der Waals surface area contributed by atoms with Crippen LogP contribution < -0.4 is 5.73 Å². The molecule has 0 saturated carbocycles. The molecule has 1 rings (SSSR count). The highest BCUT2D eigenvalue weighted by Crippen LogP contribution is 2.16. The van der Waals surface area contributed by atoms with E-state index in [9.17, 15) is 15.0 Å². The van der Waals surface area contributed by atoms with Gasteiger partial charge in [0.1, 0.15) is 11.8 Å². The highest BCUT2D eigenvalue weighted by Gasteiger charge is 2.19. The van der Waals surface area contributed by atoms with Gasteiger partial charge >= 0.3 is 0 Å². The summed E-state index contributed by atoms with van der Waals surface area (Å²) in [6.07, 6.45) is -2.34. The van der Waals surface area contributed by atoms with Crippen LogP contribution in [0.3, 0.4) is 0 Å². The first-order valence-electron chi connectivity index (χ1n) is 4.80. The van der Waals surface area contributed by atoms with Gasteiger partial charge in [0.15, 0.2) is 0 Å². The van der Waals surface area contributed by atoms with Crippen LogP contribution in [-0.2, 0) is 0 Å². The number of aliphatic hydroxyl groups is 3. The van der Waals surface area contributed by atoms with Crippen molar-refractivity contribution in [2.24, 2.45) is 5.73 Å². The average Bonchev–Trinajstić information content (AvgIpc) is 2.28. The minimum Gasteiger partial charge on any atom is -0.396 e. The SMILES string of the molecule is NC(=O)c1cccc(C(O)C(O)CCO)n1. The third kappa shape index (κ3) is 2.99. The molecule has 0 aliphatic rings. The summed E-state index contributed by atoms with van der Waals surface area (Å²) in [6, 6.07) is 4.39. The lowest BCUT2D eigenvalue weighted by atomic mass is 10.1. The number of hydrogen-bond acceptors (Lipinski definition) is 5. The maximum Gasteiger partial charge on any atom is 0.267 e. The van der Waals surface area contributed by atoms with Gasteiger partial charge < -0.3 is 21.1 Å². The zero-order valence-electron chi connectivity index (χ0n) is 8.58. The molecule has 6 nitrogen and oxygen atoms in total. The first-order valence-corrected chi connectivity index (χ1v) is 4.80. The van der Waals surface area contributed by atoms with E-state index in [-0.39, 0.29) is 24.4 Å². The Bertz CT molecular complexity index is 370. The number of hydrogen-bond donors (Lipinski definition) is 4. The zero-order chi connectivity index (χ0) is 12.1. The number of amides is 1. The van der Waals surface area contributed by atoms with Crippen LogP contribution in [0.25, 0.3) is 0 Å². The van der Waals surface area contributed by atoms with Gasteiger partial charge in [-0.1, -0.05) is 6.07 Å². The van der Waals surface area contributed by atoms with E-state index < -0.39 is 18.1 Å². The molecule has 6 heteroatoms. The first kappa shape index (κ1) is 12.6. The molecule has 5 N–H and O–H groups in total. The van der Waals surface area contributed by atoms with Gasteiger partial charge in [0, 0.05) is 6.61 Å². The number of aromatic nitrogens is 1. The average molecular weight is 226 g/mol. The van der Waals surface area contributed by atoms with E-state index in [1.165, 1.54) is 18.2 Å². The number of carbonyl (C=O) groups excluding carboxylic acids is 1. The normalized spacial score (nSPS) is 14.4. The number of aliphatic hydroxyl groups excluding tert-OH is 3. The lowest BCUT2D eigenvalue weighted by molar-refractivity contribution is 0.00184. The summed E-state index contributed by atoms with van der Waals surface area (Å²) in [5, 5.41) is 27.7. The summed E-state index contributed by atoms with van der Waals surface area (Å²) >= 11 is 0. The Morgan fingerprint density at radius 2 is 2.12 bits per heavy atom. The van der Waals surface area contributed by atoms with E-state index in [2.05, 4.69) is 4.98 Å². The molecule has 1 heterocycles. The predicted molar refractivity (Wildman–Crippen MR) is 55.4 cm³/mol. The Morgan fingerprint density at radius 1 is 1.44 bits per heavy atom. The Morgan fingerprint density at radius 3 is 2.69 bits per heavy atom. The van der Waals surface area contributed by atoms with Gasteiger partial charge in [0.25, 0.3) is 5.91 Å². The summed E-state index contributed by atoms with van der Waals surface area (Å²) in [5.41, 5.74) is 5.20. The van der Waals surface area contributed by atoms with Crippen LogP contribution in [0, 0.1) is 0 Å². The molecule has 1 amide bonds. The van der Waals surface area contributed by atoms with Gasteiger partial charge in [-0.25, -0.2) is 4.98 Å². The number of nitrogens with zero attached hydrogens (tertiary/aromatic N) is 1. The fourth-order valence-electron chi connectivity index (χ4n) is 1.24. The van der Waals surface area contributed by atoms with Crippen molar-refractivity contribution in [3.8, 4) is 0 Å². The minimum atomic E-state index is -1.24. The van der Waals surface area contributed by atoms with Gasteiger partial charge in [0.2, 0.25) is 0 Å². The zero-order valence-corrected chi connectivity index (χ0v) is 8.58. The van der Waals surface area contributed by atoms with Gasteiger partial charge in [-0.2, -0.15) is 0 Å². The Balaban J connectivity index is 2.86. The maximum absolute atomic E-state index is 10.8. The van der Waals surface area contributed by atoms with E-state index in [1.54, 1.807) is 0 Å². The fourth-order valence-corrected chi connectivity index (χ4v) is 1.24. The van der Waals surface area contributed by atoms with Crippen molar-refractivity contribution < 1.29 is 20.1 Å². The minimum absolute atomic E-state index is 0.0211. The molecule has 88 valence electrons. The third-order valence-corrected chi connectivity index (χ3v) is 2.12. The Labute approximate surface area is 92.4 Å². The highest BCUT2D eigenvalue weighted by molar-refractivity contribution is 5.90. The van der Waals surface area contributed by atoms with Crippen LogP contribution in [0.2, 0.25) is 0 Å². The van der Waals surface area contributed by atoms with Crippen molar-refractivity contribution >= 4 is 5.91 Å². The molecule has 0 fully saturated rings. The fraction of sp³-hybridized carbons (Fsp3) is 0.400. The van der Waals surface area contributed by atoms with Crippen molar-refractivity contribution in [1.29, 1.82) is 0 Å². The summed E-state index contributed by atoms with van der Waals surface area (Å²) < 4.78 is 0. The van der Waals surface area contributed by atoms with Crippen molar-refractivity contribution in [1.82, 2.24) is 4.98 Å². The number of carbonyl (C=O) groups is 1. The summed E-state index contributed by atoms with van der Waals surface area (Å²) in [5.74, 6) is -0.703. The van der Waals surface area contributed by atoms with Gasteiger partial charge in [0.05, 0.1) is 11.8 Å². The quantitative estimate of drug-likeness (QED) is 0.511. The molecule has 0 spiro atoms. The number of pyridine rings is 1. The number of nitrogens with two attached hydrogens (primary N) is 1. The molecule has 0 bridgehead atoms. The topological polar surface area (TPSA) is 117 Å². The predicted octanol–water partition coefficient (Wildman–Crippen LogP) is -1.04. The lowest BCUT2D eigenvalue weighted by Crippen LogP contribution is -2.22. The Hall–Kier alpha value is -1.50. The molecule has 0 aromatic carbocycles. The highest BCUT2D eigenvalue weighted by atomic mass is 16.3. The standard InChI is InChI=1S/C10H14N2O4/c11-10(16)7-3-1-2-6(12-7)9(15)8(14)4-5-13/h1-3,8-9,13-15H,4-5H2,(H2,11,16). The van der Waals surface area contributed by atoms with Crippen molar-refractivity contribution in [3.05, 3.63) is 29.6 Å². The molecule has 1 aromatic rings. The van der Waals surface area contributed by atoms with Crippen molar-refractivity contribution in [2.45, 2.75) is 18.6 Å². The summed E-state index contributed by atoms with van der Waals surface area (Å²) in [7, 11) is 0. The van der Waals surface area contributed by atoms with Crippen LogP contribution in [0.1, 0.15) is 28.7 Å². The molecule has 0 saturated heterocycles. The summed E-state index contributed by atoms with van der Waals surface area (Å²) in [6.45, 7) is -0.242. The molecule has 1 aromatic heterocycles. The van der Waals surface area contributed by atoms with Crippen LogP contribution >= 0.6 is 0 Å². The van der Waals surface area contributed by atoms with E-state index in [0.29, 0.717) is 0 Å². The van der Waals surface area contributed by atoms with E-state index in [0.717, 1.165) is 0 Å². The van der Waals surface area contributed by atoms with Crippen LogP contribution in [0.5, 0.6) is 0 Å². The second-order valence-corrected chi connectivity index (χ2v) is 3.34. The second kappa shape index (κ2) is 5.55. The smallest absolute Gasteiger partial charge is 0.267 e. The molecular formula is C10H14N2O4. The lowest BCUT2D eigenvalue weighted by Gasteiger charge is -2.16. The van der Waals surface area contributed by atoms with Crippen LogP contribution in [-0.4, -0.2) is 38.9 Å². The summed E-state index contributed by atoms with van der Waals surface area (Å²) in [4.78, 5) is 14.7. The van der Waals surface area contributed by atoms with Crippen LogP contribution in [0.4, 0.5) is 0 Å². The van der Waals surface area contributed by atoms with Gasteiger partial charge in [-0.05, 0) is 18.6 Å². The molecule has 16 heavy (non-hydrogen) atoms. The largest absolute Gasteiger partial charge is 0.396 e. The third-order valence-electron chi connectivity index (χ3n) is 2.12. The van der Waals surface area contributed by atoms with Gasteiger partial charge in [-0.15, -0.1) is 0 Å².